The summed E-state index contributed by atoms with van der Waals surface area (Å²) in [6.45, 7) is 0. The first kappa shape index (κ1) is 11.2. The summed E-state index contributed by atoms with van der Waals surface area (Å²) in [6, 6.07) is 8.75. The molecular weight excluding hydrogens is 257 g/mol. The van der Waals surface area contributed by atoms with Gasteiger partial charge in [-0.2, -0.15) is 0 Å². The van der Waals surface area contributed by atoms with E-state index < -0.39 is 0 Å². The highest BCUT2D eigenvalue weighted by molar-refractivity contribution is 5.99. The van der Waals surface area contributed by atoms with Crippen molar-refractivity contribution >= 4 is 17.2 Å². The summed E-state index contributed by atoms with van der Waals surface area (Å²) in [6.07, 6.45) is 3.57. The van der Waals surface area contributed by atoms with E-state index in [-0.39, 0.29) is 11.7 Å². The van der Waals surface area contributed by atoms with Crippen LogP contribution in [0.3, 0.4) is 0 Å². The van der Waals surface area contributed by atoms with Gasteiger partial charge in [0.2, 0.25) is 5.91 Å². The molecule has 20 heavy (non-hydrogen) atoms. The number of imidazole rings is 1. The number of fused-ring (bicyclic) bond motifs is 2. The number of pyridine rings is 1. The van der Waals surface area contributed by atoms with Gasteiger partial charge >= 0.3 is 0 Å². The first-order valence-corrected chi connectivity index (χ1v) is 6.26. The molecule has 3 aromatic rings. The van der Waals surface area contributed by atoms with E-state index >= 15 is 0 Å². The van der Waals surface area contributed by atoms with Crippen LogP contribution in [-0.2, 0) is 11.2 Å². The lowest BCUT2D eigenvalue weighted by atomic mass is 10.1. The monoisotopic (exact) mass is 267 g/mol. The summed E-state index contributed by atoms with van der Waals surface area (Å²) in [4.78, 5) is 15.8. The van der Waals surface area contributed by atoms with Crippen LogP contribution in [0, 0.1) is 5.82 Å². The van der Waals surface area contributed by atoms with Gasteiger partial charge in [-0.05, 0) is 29.8 Å². The van der Waals surface area contributed by atoms with Gasteiger partial charge in [-0.3, -0.25) is 4.79 Å². The highest BCUT2D eigenvalue weighted by Gasteiger charge is 2.18. The number of nitrogens with zero attached hydrogens (tertiary/aromatic N) is 2. The predicted octanol–water partition coefficient (Wildman–Crippen LogP) is 2.63. The SMILES string of the molecule is O=C1Cc2cc(-c3cn4cc(F)ccc4n3)ccc2N1. The van der Waals surface area contributed by atoms with E-state index in [1.54, 1.807) is 16.7 Å². The Morgan fingerprint density at radius 3 is 3.00 bits per heavy atom. The number of carbonyl (C=O) groups is 1. The minimum absolute atomic E-state index is 0.00854. The van der Waals surface area contributed by atoms with Gasteiger partial charge in [-0.25, -0.2) is 9.37 Å². The molecule has 5 heteroatoms. The minimum atomic E-state index is -0.301. The number of amides is 1. The highest BCUT2D eigenvalue weighted by atomic mass is 19.1. The maximum atomic E-state index is 13.2. The average Bonchev–Trinajstić information content (AvgIpc) is 2.99. The molecule has 1 aliphatic rings. The average molecular weight is 267 g/mol. The molecule has 3 heterocycles. The van der Waals surface area contributed by atoms with Crippen LogP contribution in [0.4, 0.5) is 10.1 Å². The second kappa shape index (κ2) is 3.90. The topological polar surface area (TPSA) is 46.4 Å². The molecule has 0 unspecified atom stereocenters. The van der Waals surface area contributed by atoms with Crippen molar-refractivity contribution in [1.82, 2.24) is 9.38 Å². The van der Waals surface area contributed by atoms with Gasteiger partial charge in [-0.15, -0.1) is 0 Å². The van der Waals surface area contributed by atoms with Gasteiger partial charge in [0.1, 0.15) is 11.5 Å². The van der Waals surface area contributed by atoms with E-state index in [1.165, 1.54) is 12.3 Å². The third-order valence-corrected chi connectivity index (χ3v) is 3.44. The first-order valence-electron chi connectivity index (χ1n) is 6.26. The Kier molecular flexibility index (Phi) is 2.18. The summed E-state index contributed by atoms with van der Waals surface area (Å²) >= 11 is 0. The Morgan fingerprint density at radius 1 is 1.20 bits per heavy atom. The Balaban J connectivity index is 1.83. The fourth-order valence-electron chi connectivity index (χ4n) is 2.49. The Hall–Kier alpha value is -2.69. The van der Waals surface area contributed by atoms with Gasteiger partial charge < -0.3 is 9.72 Å². The van der Waals surface area contributed by atoms with Crippen LogP contribution in [0.1, 0.15) is 5.56 Å². The van der Waals surface area contributed by atoms with E-state index in [2.05, 4.69) is 10.3 Å². The van der Waals surface area contributed by atoms with Crippen LogP contribution in [-0.4, -0.2) is 15.3 Å². The number of nitrogens with one attached hydrogen (secondary N) is 1. The zero-order valence-electron chi connectivity index (χ0n) is 10.4. The maximum Gasteiger partial charge on any atom is 0.228 e. The number of rotatable bonds is 1. The van der Waals surface area contributed by atoms with Crippen molar-refractivity contribution in [2.24, 2.45) is 0 Å². The number of hydrogen-bond acceptors (Lipinski definition) is 2. The lowest BCUT2D eigenvalue weighted by molar-refractivity contribution is -0.115. The van der Waals surface area contributed by atoms with E-state index in [1.807, 2.05) is 18.2 Å². The third-order valence-electron chi connectivity index (χ3n) is 3.44. The summed E-state index contributed by atoms with van der Waals surface area (Å²) in [5.74, 6) is -0.292. The van der Waals surface area contributed by atoms with Crippen LogP contribution >= 0.6 is 0 Å². The molecule has 1 N–H and O–H groups in total. The van der Waals surface area contributed by atoms with Crippen molar-refractivity contribution in [3.63, 3.8) is 0 Å². The van der Waals surface area contributed by atoms with Crippen molar-refractivity contribution in [3.05, 3.63) is 54.1 Å². The second-order valence-electron chi connectivity index (χ2n) is 4.84. The molecule has 4 nitrogen and oxygen atoms in total. The number of aromatic nitrogens is 2. The van der Waals surface area contributed by atoms with Crippen LogP contribution in [0.25, 0.3) is 16.9 Å². The second-order valence-corrected chi connectivity index (χ2v) is 4.84. The van der Waals surface area contributed by atoms with E-state index in [9.17, 15) is 9.18 Å². The normalized spacial score (nSPS) is 13.6. The standard InChI is InChI=1S/C15H10FN3O/c16-11-2-4-14-17-13(8-19(14)7-11)9-1-3-12-10(5-9)6-15(20)18-12/h1-5,7-8H,6H2,(H,18,20). The van der Waals surface area contributed by atoms with Crippen molar-refractivity contribution in [3.8, 4) is 11.3 Å². The molecule has 1 aliphatic heterocycles. The zero-order chi connectivity index (χ0) is 13.7. The summed E-state index contributed by atoms with van der Waals surface area (Å²) in [7, 11) is 0. The molecule has 0 fully saturated rings. The summed E-state index contributed by atoms with van der Waals surface area (Å²) in [5, 5.41) is 2.80. The smallest absolute Gasteiger partial charge is 0.228 e. The number of carbonyl (C=O) groups excluding carboxylic acids is 1. The van der Waals surface area contributed by atoms with Gasteiger partial charge in [0.25, 0.3) is 0 Å². The molecule has 1 amide bonds. The van der Waals surface area contributed by atoms with Crippen molar-refractivity contribution in [1.29, 1.82) is 0 Å². The Labute approximate surface area is 113 Å². The Bertz CT molecular complexity index is 853. The molecule has 0 radical (unpaired) electrons. The maximum absolute atomic E-state index is 13.2. The van der Waals surface area contributed by atoms with Gasteiger partial charge in [0.15, 0.2) is 0 Å². The minimum Gasteiger partial charge on any atom is -0.326 e. The summed E-state index contributed by atoms with van der Waals surface area (Å²) in [5.41, 5.74) is 4.20. The van der Waals surface area contributed by atoms with Crippen LogP contribution in [0.15, 0.2) is 42.7 Å². The van der Waals surface area contributed by atoms with Gasteiger partial charge in [0, 0.05) is 23.6 Å². The summed E-state index contributed by atoms with van der Waals surface area (Å²) < 4.78 is 14.8. The lowest BCUT2D eigenvalue weighted by Gasteiger charge is -2.00. The zero-order valence-corrected chi connectivity index (χ0v) is 10.4. The number of hydrogen-bond donors (Lipinski definition) is 1. The molecule has 0 atom stereocenters. The molecule has 0 aliphatic carbocycles. The van der Waals surface area contributed by atoms with E-state index in [4.69, 9.17) is 0 Å². The quantitative estimate of drug-likeness (QED) is 0.736. The van der Waals surface area contributed by atoms with Crippen molar-refractivity contribution in [2.75, 3.05) is 5.32 Å². The third kappa shape index (κ3) is 1.67. The molecule has 1 aromatic carbocycles. The van der Waals surface area contributed by atoms with Gasteiger partial charge in [-0.1, -0.05) is 6.07 Å². The highest BCUT2D eigenvalue weighted by Crippen LogP contribution is 2.28. The molecule has 98 valence electrons. The van der Waals surface area contributed by atoms with E-state index in [0.29, 0.717) is 12.1 Å². The number of halogens is 1. The molecule has 0 spiro atoms. The van der Waals surface area contributed by atoms with Crippen molar-refractivity contribution in [2.45, 2.75) is 6.42 Å². The van der Waals surface area contributed by atoms with Crippen LogP contribution < -0.4 is 5.32 Å². The van der Waals surface area contributed by atoms with Crippen LogP contribution in [0.2, 0.25) is 0 Å². The first-order chi connectivity index (χ1) is 9.69. The molecule has 4 rings (SSSR count). The largest absolute Gasteiger partial charge is 0.326 e. The van der Waals surface area contributed by atoms with Gasteiger partial charge in [0.05, 0.1) is 12.1 Å². The number of benzene rings is 1. The van der Waals surface area contributed by atoms with Crippen molar-refractivity contribution < 1.29 is 9.18 Å². The Morgan fingerprint density at radius 2 is 2.10 bits per heavy atom. The fourth-order valence-corrected chi connectivity index (χ4v) is 2.49. The lowest BCUT2D eigenvalue weighted by Crippen LogP contribution is -2.03. The molecule has 0 saturated heterocycles. The number of anilines is 1. The van der Waals surface area contributed by atoms with Crippen LogP contribution in [0.5, 0.6) is 0 Å². The molecule has 0 bridgehead atoms. The molecule has 0 saturated carbocycles. The predicted molar refractivity (Wildman–Crippen MR) is 72.9 cm³/mol. The molecule has 2 aromatic heterocycles. The molecular formula is C15H10FN3O. The fraction of sp³-hybridized carbons (Fsp3) is 0.0667. The van der Waals surface area contributed by atoms with E-state index in [0.717, 1.165) is 22.5 Å².